The average Bonchev–Trinajstić information content (AvgIpc) is 2.73. The number of piperazine rings is 1. The molecule has 2 aromatic rings. The maximum absolute atomic E-state index is 12.6. The molecule has 1 saturated heterocycles. The molecule has 8 nitrogen and oxygen atoms in total. The van der Waals surface area contributed by atoms with Crippen LogP contribution in [-0.2, 0) is 20.0 Å². The van der Waals surface area contributed by atoms with Gasteiger partial charge in [0.1, 0.15) is 5.75 Å². The fourth-order valence-corrected chi connectivity index (χ4v) is 5.85. The van der Waals surface area contributed by atoms with Gasteiger partial charge in [0.05, 0.1) is 17.8 Å². The number of benzene rings is 2. The van der Waals surface area contributed by atoms with E-state index in [1.807, 2.05) is 18.2 Å². The van der Waals surface area contributed by atoms with E-state index in [0.717, 1.165) is 5.69 Å². The van der Waals surface area contributed by atoms with Gasteiger partial charge in [0.2, 0.25) is 20.0 Å². The zero-order chi connectivity index (χ0) is 21.8. The van der Waals surface area contributed by atoms with Crippen molar-refractivity contribution in [1.29, 1.82) is 0 Å². The quantitative estimate of drug-likeness (QED) is 0.627. The highest BCUT2D eigenvalue weighted by Gasteiger charge is 2.27. The summed E-state index contributed by atoms with van der Waals surface area (Å²) in [5.41, 5.74) is 0.951. The molecule has 1 aliphatic rings. The molecule has 0 atom stereocenters. The number of sulfonamides is 2. The van der Waals surface area contributed by atoms with Crippen LogP contribution in [-0.4, -0.2) is 66.7 Å². The third-order valence-electron chi connectivity index (χ3n) is 4.83. The SMILES string of the molecule is COc1ccc(S(=O)(=O)NCCS(=O)(=O)N2CCN(c3cccc(Cl)c3)CC2)cc1. The number of anilines is 1. The van der Waals surface area contributed by atoms with Crippen LogP contribution in [0.1, 0.15) is 0 Å². The number of nitrogens with zero attached hydrogens (tertiary/aromatic N) is 2. The molecule has 0 aliphatic carbocycles. The lowest BCUT2D eigenvalue weighted by atomic mass is 10.2. The largest absolute Gasteiger partial charge is 0.497 e. The highest BCUT2D eigenvalue weighted by atomic mass is 35.5. The van der Waals surface area contributed by atoms with Gasteiger partial charge in [0, 0.05) is 43.4 Å². The molecule has 1 N–H and O–H groups in total. The van der Waals surface area contributed by atoms with Crippen LogP contribution in [0.4, 0.5) is 5.69 Å². The van der Waals surface area contributed by atoms with Crippen LogP contribution in [0.2, 0.25) is 5.02 Å². The van der Waals surface area contributed by atoms with Crippen molar-refractivity contribution in [3.8, 4) is 5.75 Å². The lowest BCUT2D eigenvalue weighted by molar-refractivity contribution is 0.385. The number of rotatable bonds is 8. The van der Waals surface area contributed by atoms with Crippen LogP contribution in [0, 0.1) is 0 Å². The molecule has 0 unspecified atom stereocenters. The van der Waals surface area contributed by atoms with Crippen molar-refractivity contribution in [2.24, 2.45) is 0 Å². The molecule has 0 saturated carbocycles. The molecule has 2 aromatic carbocycles. The van der Waals surface area contributed by atoms with E-state index in [1.165, 1.54) is 35.7 Å². The Labute approximate surface area is 182 Å². The predicted molar refractivity (Wildman–Crippen MR) is 117 cm³/mol. The van der Waals surface area contributed by atoms with Gasteiger partial charge in [-0.2, -0.15) is 4.31 Å². The van der Waals surface area contributed by atoms with Crippen LogP contribution in [0.25, 0.3) is 0 Å². The Morgan fingerprint density at radius 1 is 1.00 bits per heavy atom. The second-order valence-corrected chi connectivity index (χ2v) is 11.0. The van der Waals surface area contributed by atoms with E-state index >= 15 is 0 Å². The fraction of sp³-hybridized carbons (Fsp3) is 0.368. The molecule has 0 spiro atoms. The molecule has 0 amide bonds. The summed E-state index contributed by atoms with van der Waals surface area (Å²) in [4.78, 5) is 2.13. The predicted octanol–water partition coefficient (Wildman–Crippen LogP) is 1.78. The smallest absolute Gasteiger partial charge is 0.240 e. The topological polar surface area (TPSA) is 96.0 Å². The van der Waals surface area contributed by atoms with Crippen LogP contribution in [0.15, 0.2) is 53.4 Å². The normalized spacial score (nSPS) is 15.9. The number of methoxy groups -OCH3 is 1. The Morgan fingerprint density at radius 2 is 1.67 bits per heavy atom. The minimum Gasteiger partial charge on any atom is -0.497 e. The molecule has 1 aliphatic heterocycles. The molecule has 164 valence electrons. The summed E-state index contributed by atoms with van der Waals surface area (Å²) in [7, 11) is -5.89. The Morgan fingerprint density at radius 3 is 2.27 bits per heavy atom. The second-order valence-electron chi connectivity index (χ2n) is 6.76. The zero-order valence-corrected chi connectivity index (χ0v) is 18.9. The third kappa shape index (κ3) is 5.64. The molecule has 30 heavy (non-hydrogen) atoms. The van der Waals surface area contributed by atoms with Gasteiger partial charge in [0.15, 0.2) is 0 Å². The minimum absolute atomic E-state index is 0.0517. The first-order valence-corrected chi connectivity index (χ1v) is 12.8. The molecule has 0 radical (unpaired) electrons. The van der Waals surface area contributed by atoms with Crippen LogP contribution in [0.3, 0.4) is 0 Å². The summed E-state index contributed by atoms with van der Waals surface area (Å²) >= 11 is 6.02. The Kier molecular flexibility index (Phi) is 7.25. The fourth-order valence-electron chi connectivity index (χ4n) is 3.17. The van der Waals surface area contributed by atoms with Gasteiger partial charge in [-0.1, -0.05) is 17.7 Å². The molecule has 0 aromatic heterocycles. The summed E-state index contributed by atoms with van der Waals surface area (Å²) in [6, 6.07) is 13.3. The third-order valence-corrected chi connectivity index (χ3v) is 8.41. The highest BCUT2D eigenvalue weighted by molar-refractivity contribution is 7.90. The van der Waals surface area contributed by atoms with E-state index in [-0.39, 0.29) is 17.2 Å². The first-order valence-electron chi connectivity index (χ1n) is 9.33. The second kappa shape index (κ2) is 9.52. The van der Waals surface area contributed by atoms with Gasteiger partial charge in [0.25, 0.3) is 0 Å². The molecule has 0 bridgehead atoms. The van der Waals surface area contributed by atoms with Crippen molar-refractivity contribution in [2.45, 2.75) is 4.90 Å². The van der Waals surface area contributed by atoms with Gasteiger partial charge in [-0.05, 0) is 42.5 Å². The molecule has 11 heteroatoms. The number of halogens is 1. The summed E-state index contributed by atoms with van der Waals surface area (Å²) in [6.07, 6.45) is 0. The first-order chi connectivity index (χ1) is 14.2. The lowest BCUT2D eigenvalue weighted by Gasteiger charge is -2.35. The van der Waals surface area contributed by atoms with Crippen molar-refractivity contribution in [3.63, 3.8) is 0 Å². The van der Waals surface area contributed by atoms with Crippen LogP contribution >= 0.6 is 11.6 Å². The Bertz CT molecular complexity index is 1070. The average molecular weight is 474 g/mol. The van der Waals surface area contributed by atoms with Crippen LogP contribution < -0.4 is 14.4 Å². The number of nitrogens with one attached hydrogen (secondary N) is 1. The van der Waals surface area contributed by atoms with E-state index in [4.69, 9.17) is 16.3 Å². The van der Waals surface area contributed by atoms with Gasteiger partial charge in [-0.3, -0.25) is 0 Å². The van der Waals surface area contributed by atoms with E-state index in [9.17, 15) is 16.8 Å². The summed E-state index contributed by atoms with van der Waals surface area (Å²) < 4.78 is 58.7. The molecule has 1 heterocycles. The number of ether oxygens (including phenoxy) is 1. The van der Waals surface area contributed by atoms with Crippen LogP contribution in [0.5, 0.6) is 5.75 Å². The number of hydrogen-bond donors (Lipinski definition) is 1. The maximum atomic E-state index is 12.6. The van der Waals surface area contributed by atoms with E-state index in [0.29, 0.717) is 37.0 Å². The van der Waals surface area contributed by atoms with Gasteiger partial charge < -0.3 is 9.64 Å². The van der Waals surface area contributed by atoms with Crippen molar-refractivity contribution in [2.75, 3.05) is 50.5 Å². The molecule has 3 rings (SSSR count). The highest BCUT2D eigenvalue weighted by Crippen LogP contribution is 2.21. The van der Waals surface area contributed by atoms with Gasteiger partial charge in [-0.15, -0.1) is 0 Å². The van der Waals surface area contributed by atoms with E-state index in [2.05, 4.69) is 9.62 Å². The van der Waals surface area contributed by atoms with E-state index < -0.39 is 20.0 Å². The lowest BCUT2D eigenvalue weighted by Crippen LogP contribution is -2.50. The minimum atomic E-state index is -3.80. The molecular formula is C19H24ClN3O5S2. The van der Waals surface area contributed by atoms with Crippen molar-refractivity contribution >= 4 is 37.3 Å². The Balaban J connectivity index is 1.53. The molecule has 1 fully saturated rings. The van der Waals surface area contributed by atoms with Crippen molar-refractivity contribution in [1.82, 2.24) is 9.03 Å². The van der Waals surface area contributed by atoms with E-state index in [1.54, 1.807) is 6.07 Å². The molecular weight excluding hydrogens is 450 g/mol. The first kappa shape index (κ1) is 22.8. The standard InChI is InChI=1S/C19H24ClN3O5S2/c1-28-18-5-7-19(8-6-18)30(26,27)21-9-14-29(24,25)23-12-10-22(11-13-23)17-4-2-3-16(20)15-17/h2-8,15,21H,9-14H2,1H3. The van der Waals surface area contributed by atoms with Gasteiger partial charge in [-0.25, -0.2) is 21.6 Å². The summed E-state index contributed by atoms with van der Waals surface area (Å²) in [5, 5.41) is 0.631. The monoisotopic (exact) mass is 473 g/mol. The summed E-state index contributed by atoms with van der Waals surface area (Å²) in [6.45, 7) is 1.54. The van der Waals surface area contributed by atoms with Crippen molar-refractivity contribution in [3.05, 3.63) is 53.6 Å². The Hall–Kier alpha value is -1.85. The van der Waals surface area contributed by atoms with Crippen molar-refractivity contribution < 1.29 is 21.6 Å². The zero-order valence-electron chi connectivity index (χ0n) is 16.5. The maximum Gasteiger partial charge on any atom is 0.240 e. The number of hydrogen-bond acceptors (Lipinski definition) is 6. The summed E-state index contributed by atoms with van der Waals surface area (Å²) in [5.74, 6) is 0.230. The van der Waals surface area contributed by atoms with Gasteiger partial charge >= 0.3 is 0 Å².